The maximum atomic E-state index is 13.7. The molecule has 0 radical (unpaired) electrons. The number of hydrogen-bond acceptors (Lipinski definition) is 5. The van der Waals surface area contributed by atoms with E-state index in [0.29, 0.717) is 5.56 Å². The number of nitrogens with one attached hydrogen (secondary N) is 2. The van der Waals surface area contributed by atoms with E-state index < -0.39 is 45.3 Å². The third-order valence-electron chi connectivity index (χ3n) is 4.48. The number of carbonyl (C=O) groups is 2. The number of carbonyl (C=O) groups excluding carboxylic acids is 2. The molecule has 2 N–H and O–H groups in total. The van der Waals surface area contributed by atoms with Crippen LogP contribution in [0.3, 0.4) is 0 Å². The Hall–Kier alpha value is -2.85. The van der Waals surface area contributed by atoms with Crippen molar-refractivity contribution in [1.29, 1.82) is 0 Å². The Morgan fingerprint density at radius 2 is 1.83 bits per heavy atom. The van der Waals surface area contributed by atoms with Crippen molar-refractivity contribution in [3.8, 4) is 0 Å². The number of amides is 1. The molecule has 1 fully saturated rings. The van der Waals surface area contributed by atoms with Crippen LogP contribution in [0.25, 0.3) is 0 Å². The van der Waals surface area contributed by atoms with Crippen molar-refractivity contribution in [1.82, 2.24) is 4.72 Å². The lowest BCUT2D eigenvalue weighted by Crippen LogP contribution is -2.30. The summed E-state index contributed by atoms with van der Waals surface area (Å²) in [5, 5.41) is 2.15. The van der Waals surface area contributed by atoms with Gasteiger partial charge in [0.1, 0.15) is 11.6 Å². The fourth-order valence-corrected chi connectivity index (χ4v) is 3.91. The number of benzene rings is 2. The van der Waals surface area contributed by atoms with Gasteiger partial charge in [0, 0.05) is 12.1 Å². The van der Waals surface area contributed by atoms with Gasteiger partial charge >= 0.3 is 5.97 Å². The highest BCUT2D eigenvalue weighted by molar-refractivity contribution is 7.89. The Labute approximate surface area is 172 Å². The highest BCUT2D eigenvalue weighted by Crippen LogP contribution is 2.24. The van der Waals surface area contributed by atoms with Crippen LogP contribution in [0.4, 0.5) is 14.5 Å². The van der Waals surface area contributed by atoms with E-state index in [9.17, 15) is 26.8 Å². The molecule has 10 heteroatoms. The van der Waals surface area contributed by atoms with Gasteiger partial charge < -0.3 is 10.1 Å². The van der Waals surface area contributed by atoms with E-state index in [4.69, 9.17) is 4.74 Å². The lowest BCUT2D eigenvalue weighted by molar-refractivity contribution is -0.123. The molecule has 160 valence electrons. The van der Waals surface area contributed by atoms with E-state index in [0.717, 1.165) is 31.0 Å². The molecule has 1 aliphatic rings. The smallest absolute Gasteiger partial charge is 0.339 e. The maximum Gasteiger partial charge on any atom is 0.339 e. The number of hydrogen-bond donors (Lipinski definition) is 2. The van der Waals surface area contributed by atoms with Crippen molar-refractivity contribution in [2.45, 2.75) is 43.7 Å². The first-order valence-electron chi connectivity index (χ1n) is 9.16. The Morgan fingerprint density at radius 3 is 2.50 bits per heavy atom. The lowest BCUT2D eigenvalue weighted by atomic mass is 10.1. The molecule has 0 spiro atoms. The number of ether oxygens (including phenoxy) is 1. The average molecular weight is 438 g/mol. The van der Waals surface area contributed by atoms with Gasteiger partial charge in [-0.2, -0.15) is 0 Å². The zero-order chi connectivity index (χ0) is 22.1. The molecule has 7 nitrogen and oxygen atoms in total. The van der Waals surface area contributed by atoms with Crippen molar-refractivity contribution in [3.63, 3.8) is 0 Å². The molecule has 0 saturated heterocycles. The lowest BCUT2D eigenvalue weighted by Gasteiger charge is -2.15. The molecule has 0 aliphatic heterocycles. The number of anilines is 1. The van der Waals surface area contributed by atoms with Gasteiger partial charge in [0.05, 0.1) is 16.1 Å². The van der Waals surface area contributed by atoms with Gasteiger partial charge in [0.15, 0.2) is 6.10 Å². The van der Waals surface area contributed by atoms with Crippen molar-refractivity contribution in [2.75, 3.05) is 5.32 Å². The van der Waals surface area contributed by atoms with Crippen molar-refractivity contribution in [3.05, 3.63) is 59.2 Å². The monoisotopic (exact) mass is 438 g/mol. The third-order valence-corrected chi connectivity index (χ3v) is 6.00. The minimum Gasteiger partial charge on any atom is -0.449 e. The van der Waals surface area contributed by atoms with Crippen LogP contribution in [0.15, 0.2) is 41.3 Å². The van der Waals surface area contributed by atoms with E-state index in [2.05, 4.69) is 10.0 Å². The summed E-state index contributed by atoms with van der Waals surface area (Å²) in [6.07, 6.45) is 0.182. The number of sulfonamides is 1. The SMILES string of the molecule is Cc1ccc(S(=O)(=O)NC2CC2)cc1C(=O)OC(C)C(=O)Nc1cc(F)ccc1F. The number of aryl methyl sites for hydroxylation is 1. The minimum atomic E-state index is -3.78. The summed E-state index contributed by atoms with van der Waals surface area (Å²) < 4.78 is 59.3. The zero-order valence-electron chi connectivity index (χ0n) is 16.2. The second-order valence-electron chi connectivity index (χ2n) is 7.03. The summed E-state index contributed by atoms with van der Waals surface area (Å²) in [5.74, 6) is -3.38. The maximum absolute atomic E-state index is 13.7. The van der Waals surface area contributed by atoms with Crippen LogP contribution in [-0.4, -0.2) is 32.4 Å². The predicted octanol–water partition coefficient (Wildman–Crippen LogP) is 2.90. The minimum absolute atomic E-state index is 0.0229. The molecule has 0 heterocycles. The molecule has 3 rings (SSSR count). The molecular formula is C20H20F2N2O5S. The molecule has 2 aromatic rings. The number of rotatable bonds is 7. The van der Waals surface area contributed by atoms with Gasteiger partial charge in [0.2, 0.25) is 10.0 Å². The van der Waals surface area contributed by atoms with Gasteiger partial charge in [0.25, 0.3) is 5.91 Å². The topological polar surface area (TPSA) is 102 Å². The van der Waals surface area contributed by atoms with Gasteiger partial charge in [-0.25, -0.2) is 26.7 Å². The number of esters is 1. The molecule has 30 heavy (non-hydrogen) atoms. The highest BCUT2D eigenvalue weighted by Gasteiger charge is 2.29. The fourth-order valence-electron chi connectivity index (χ4n) is 2.58. The quantitative estimate of drug-likeness (QED) is 0.648. The molecule has 1 unspecified atom stereocenters. The van der Waals surface area contributed by atoms with Crippen molar-refractivity contribution >= 4 is 27.6 Å². The van der Waals surface area contributed by atoms with E-state index >= 15 is 0 Å². The third kappa shape index (κ3) is 5.19. The second-order valence-corrected chi connectivity index (χ2v) is 8.75. The molecule has 1 saturated carbocycles. The summed E-state index contributed by atoms with van der Waals surface area (Å²) in [6, 6.07) is 6.47. The first-order chi connectivity index (χ1) is 14.1. The summed E-state index contributed by atoms with van der Waals surface area (Å²) in [4.78, 5) is 24.6. The van der Waals surface area contributed by atoms with Gasteiger partial charge in [-0.05, 0) is 56.5 Å². The normalized spacial score (nSPS) is 14.8. The highest BCUT2D eigenvalue weighted by atomic mass is 32.2. The summed E-state index contributed by atoms with van der Waals surface area (Å²) in [7, 11) is -3.78. The van der Waals surface area contributed by atoms with Crippen LogP contribution in [0, 0.1) is 18.6 Å². The van der Waals surface area contributed by atoms with E-state index in [1.165, 1.54) is 25.1 Å². The van der Waals surface area contributed by atoms with Gasteiger partial charge in [-0.15, -0.1) is 0 Å². The van der Waals surface area contributed by atoms with Crippen LogP contribution >= 0.6 is 0 Å². The van der Waals surface area contributed by atoms with Crippen LogP contribution < -0.4 is 10.0 Å². The van der Waals surface area contributed by atoms with E-state index in [-0.39, 0.29) is 16.5 Å². The second kappa shape index (κ2) is 8.49. The van der Waals surface area contributed by atoms with Gasteiger partial charge in [-0.1, -0.05) is 6.07 Å². The van der Waals surface area contributed by atoms with Crippen molar-refractivity contribution in [2.24, 2.45) is 0 Å². The molecule has 1 amide bonds. The van der Waals surface area contributed by atoms with Crippen molar-refractivity contribution < 1.29 is 31.5 Å². The number of halogens is 2. The van der Waals surface area contributed by atoms with E-state index in [1.54, 1.807) is 6.92 Å². The Kier molecular flexibility index (Phi) is 6.18. The molecule has 0 aromatic heterocycles. The fraction of sp³-hybridized carbons (Fsp3) is 0.300. The zero-order valence-corrected chi connectivity index (χ0v) is 17.1. The van der Waals surface area contributed by atoms with Crippen LogP contribution in [0.1, 0.15) is 35.7 Å². The molecule has 0 bridgehead atoms. The molecular weight excluding hydrogens is 418 g/mol. The van der Waals surface area contributed by atoms with Crippen LogP contribution in [0.5, 0.6) is 0 Å². The largest absolute Gasteiger partial charge is 0.449 e. The Morgan fingerprint density at radius 1 is 1.13 bits per heavy atom. The Balaban J connectivity index is 1.72. The van der Waals surface area contributed by atoms with E-state index in [1.807, 2.05) is 0 Å². The summed E-state index contributed by atoms with van der Waals surface area (Å²) >= 11 is 0. The molecule has 1 aliphatic carbocycles. The van der Waals surface area contributed by atoms with Crippen LogP contribution in [-0.2, 0) is 19.6 Å². The molecule has 2 aromatic carbocycles. The van der Waals surface area contributed by atoms with Crippen LogP contribution in [0.2, 0.25) is 0 Å². The van der Waals surface area contributed by atoms with Gasteiger partial charge in [-0.3, -0.25) is 4.79 Å². The standard InChI is InChI=1S/C20H20F2N2O5S/c1-11-3-7-15(30(27,28)24-14-5-6-14)10-16(11)20(26)29-12(2)19(25)23-18-9-13(21)4-8-17(18)22/h3-4,7-10,12,14,24H,5-6H2,1-2H3,(H,23,25). The first kappa shape index (κ1) is 21.8. The first-order valence-corrected chi connectivity index (χ1v) is 10.6. The predicted molar refractivity (Wildman–Crippen MR) is 104 cm³/mol. The summed E-state index contributed by atoms with van der Waals surface area (Å²) in [5.41, 5.74) is 0.0396. The average Bonchev–Trinajstić information content (AvgIpc) is 3.48. The Bertz CT molecular complexity index is 1100. The molecule has 1 atom stereocenters. The summed E-state index contributed by atoms with van der Waals surface area (Å²) in [6.45, 7) is 2.85.